The summed E-state index contributed by atoms with van der Waals surface area (Å²) < 4.78 is 24.3. The van der Waals surface area contributed by atoms with Crippen molar-refractivity contribution in [3.63, 3.8) is 0 Å². The zero-order valence-electron chi connectivity index (χ0n) is 23.7. The molecule has 1 N–H and O–H groups in total. The Bertz CT molecular complexity index is 1840. The molecule has 0 saturated carbocycles. The molecule has 1 aromatic heterocycles. The van der Waals surface area contributed by atoms with E-state index in [4.69, 9.17) is 30.5 Å². The lowest BCUT2D eigenvalue weighted by Gasteiger charge is -2.25. The number of amides is 1. The molecule has 6 rings (SSSR count). The van der Waals surface area contributed by atoms with Gasteiger partial charge >= 0.3 is 17.9 Å². The van der Waals surface area contributed by atoms with Crippen LogP contribution in [0, 0.1) is 0 Å². The maximum atomic E-state index is 13.5. The highest BCUT2D eigenvalue weighted by atomic mass is 35.5. The van der Waals surface area contributed by atoms with Crippen molar-refractivity contribution in [3.8, 4) is 0 Å². The molecular weight excluding hydrogens is 638 g/mol. The highest BCUT2D eigenvalue weighted by molar-refractivity contribution is 8.00. The van der Waals surface area contributed by atoms with Crippen LogP contribution in [0.25, 0.3) is 0 Å². The van der Waals surface area contributed by atoms with Gasteiger partial charge in [0.15, 0.2) is 24.3 Å². The summed E-state index contributed by atoms with van der Waals surface area (Å²) in [6, 6.07) is 24.3. The van der Waals surface area contributed by atoms with Crippen LogP contribution >= 0.6 is 23.4 Å². The van der Waals surface area contributed by atoms with E-state index in [2.05, 4.69) is 10.4 Å². The number of hydrogen-bond acceptors (Lipinski definition) is 11. The molecule has 1 saturated heterocycles. The van der Waals surface area contributed by atoms with E-state index in [9.17, 15) is 24.0 Å². The number of halogens is 1. The van der Waals surface area contributed by atoms with Gasteiger partial charge in [-0.25, -0.2) is 14.4 Å². The molecule has 0 spiro atoms. The summed E-state index contributed by atoms with van der Waals surface area (Å²) in [4.78, 5) is 65.5. The maximum absolute atomic E-state index is 13.5. The number of fused-ring (bicyclic) bond motifs is 1. The van der Waals surface area contributed by atoms with E-state index < -0.39 is 54.6 Å². The van der Waals surface area contributed by atoms with Crippen molar-refractivity contribution >= 4 is 53.0 Å². The van der Waals surface area contributed by atoms with Gasteiger partial charge in [0.05, 0.1) is 27.3 Å². The number of ether oxygens (including phenoxy) is 4. The van der Waals surface area contributed by atoms with E-state index >= 15 is 0 Å². The predicted octanol–water partition coefficient (Wildman–Crippen LogP) is 4.15. The number of carbonyl (C=O) groups excluding carboxylic acids is 4. The van der Waals surface area contributed by atoms with Gasteiger partial charge in [-0.2, -0.15) is 4.68 Å². The molecule has 46 heavy (non-hydrogen) atoms. The molecule has 1 amide bonds. The quantitative estimate of drug-likeness (QED) is 0.214. The summed E-state index contributed by atoms with van der Waals surface area (Å²) >= 11 is 7.48. The number of carbonyl (C=O) groups is 4. The number of thioether (sulfide) groups is 1. The topological polar surface area (TPSA) is 152 Å². The first-order valence-electron chi connectivity index (χ1n) is 13.9. The van der Waals surface area contributed by atoms with E-state index in [1.165, 1.54) is 24.3 Å². The molecule has 3 heterocycles. The van der Waals surface area contributed by atoms with Crippen molar-refractivity contribution in [1.82, 2.24) is 9.78 Å². The van der Waals surface area contributed by atoms with E-state index in [0.717, 1.165) is 16.4 Å². The summed E-state index contributed by atoms with van der Waals surface area (Å²) in [6.45, 7) is -0.462. The number of nitrogens with zero attached hydrogens (tertiary/aromatic N) is 2. The third kappa shape index (κ3) is 6.52. The predicted molar refractivity (Wildman–Crippen MR) is 165 cm³/mol. The Kier molecular flexibility index (Phi) is 9.15. The van der Waals surface area contributed by atoms with Gasteiger partial charge in [0, 0.05) is 0 Å². The molecule has 3 aromatic carbocycles. The Labute approximate surface area is 270 Å². The zero-order chi connectivity index (χ0) is 32.2. The van der Waals surface area contributed by atoms with Gasteiger partial charge in [0.25, 0.3) is 5.56 Å². The van der Waals surface area contributed by atoms with Crippen LogP contribution in [0.15, 0.2) is 101 Å². The Morgan fingerprint density at radius 2 is 1.35 bits per heavy atom. The van der Waals surface area contributed by atoms with Gasteiger partial charge in [-0.3, -0.25) is 9.59 Å². The molecule has 12 nitrogen and oxygen atoms in total. The van der Waals surface area contributed by atoms with Gasteiger partial charge in [-0.05, 0) is 36.4 Å². The molecule has 0 bridgehead atoms. The smallest absolute Gasteiger partial charge is 0.338 e. The number of anilines is 1. The molecule has 1 fully saturated rings. The molecule has 4 atom stereocenters. The lowest BCUT2D eigenvalue weighted by Crippen LogP contribution is -2.43. The molecule has 0 radical (unpaired) electrons. The van der Waals surface area contributed by atoms with Gasteiger partial charge in [0.2, 0.25) is 5.91 Å². The third-order valence-electron chi connectivity index (χ3n) is 7.04. The number of aromatic nitrogens is 2. The van der Waals surface area contributed by atoms with Crippen LogP contribution < -0.4 is 10.9 Å². The van der Waals surface area contributed by atoms with Crippen LogP contribution in [-0.4, -0.2) is 64.3 Å². The number of benzene rings is 3. The van der Waals surface area contributed by atoms with Gasteiger partial charge in [0.1, 0.15) is 17.7 Å². The Balaban J connectivity index is 1.40. The second kappa shape index (κ2) is 13.6. The van der Waals surface area contributed by atoms with Crippen LogP contribution in [0.4, 0.5) is 5.82 Å². The maximum Gasteiger partial charge on any atom is 0.338 e. The Hall–Kier alpha value is -4.98. The molecule has 2 aliphatic heterocycles. The van der Waals surface area contributed by atoms with Crippen LogP contribution in [0.5, 0.6) is 0 Å². The van der Waals surface area contributed by atoms with Crippen LogP contribution in [0.3, 0.4) is 0 Å². The summed E-state index contributed by atoms with van der Waals surface area (Å²) in [5.74, 6) is -2.64. The molecule has 0 aliphatic carbocycles. The van der Waals surface area contributed by atoms with E-state index in [0.29, 0.717) is 0 Å². The van der Waals surface area contributed by atoms with Crippen molar-refractivity contribution in [2.45, 2.75) is 29.4 Å². The number of esters is 3. The highest BCUT2D eigenvalue weighted by Gasteiger charge is 2.52. The normalized spacial score (nSPS) is 20.2. The third-order valence-corrected chi connectivity index (χ3v) is 8.60. The average molecular weight is 662 g/mol. The highest BCUT2D eigenvalue weighted by Crippen LogP contribution is 2.38. The standard InChI is InChI=1S/C32H24ClN3O9S/c33-23-26-27(34-22(37)17-46-26)35-36(28(23)38)29-25(45-32(41)20-14-8-3-9-15-20)24(44-31(40)19-12-6-2-7-13-19)21(43-29)16-42-30(39)18-10-4-1-5-11-18/h1-15,21,24-25,29H,16-17H2,(H,34,35,37)/t21-,24-,25-,29-/m1/s1. The fourth-order valence-electron chi connectivity index (χ4n) is 4.85. The SMILES string of the molecule is O=C1CSc2c(nn([C@@H]3O[C@H](COC(=O)c4ccccc4)[C@@H](OC(=O)c4ccccc4)[C@H]3OC(=O)c3ccccc3)c(=O)c2Cl)N1. The number of nitrogens with one attached hydrogen (secondary N) is 1. The molecule has 2 aliphatic rings. The van der Waals surface area contributed by atoms with Crippen LogP contribution in [0.1, 0.15) is 37.3 Å². The van der Waals surface area contributed by atoms with Gasteiger partial charge < -0.3 is 24.3 Å². The van der Waals surface area contributed by atoms with Crippen LogP contribution in [-0.2, 0) is 23.7 Å². The van der Waals surface area contributed by atoms with Crippen molar-refractivity contribution in [3.05, 3.63) is 123 Å². The van der Waals surface area contributed by atoms with Crippen molar-refractivity contribution < 1.29 is 38.1 Å². The Morgan fingerprint density at radius 1 is 0.826 bits per heavy atom. The molecule has 4 aromatic rings. The fraction of sp³-hybridized carbons (Fsp3) is 0.188. The molecule has 0 unspecified atom stereocenters. The summed E-state index contributed by atoms with van der Waals surface area (Å²) in [7, 11) is 0. The van der Waals surface area contributed by atoms with Crippen LogP contribution in [0.2, 0.25) is 5.02 Å². The minimum absolute atomic E-state index is 0.000582. The van der Waals surface area contributed by atoms with Gasteiger partial charge in [-0.15, -0.1) is 16.9 Å². The largest absolute Gasteiger partial charge is 0.459 e. The monoisotopic (exact) mass is 661 g/mol. The molecule has 14 heteroatoms. The lowest BCUT2D eigenvalue weighted by atomic mass is 10.1. The lowest BCUT2D eigenvalue weighted by molar-refractivity contribution is -0.114. The van der Waals surface area contributed by atoms with E-state index in [1.54, 1.807) is 66.7 Å². The van der Waals surface area contributed by atoms with Crippen molar-refractivity contribution in [2.24, 2.45) is 0 Å². The summed E-state index contributed by atoms with van der Waals surface area (Å²) in [5.41, 5.74) is -0.203. The van der Waals surface area contributed by atoms with Gasteiger partial charge in [-0.1, -0.05) is 66.2 Å². The number of hydrogen-bond donors (Lipinski definition) is 1. The first kappa shape index (κ1) is 31.0. The second-order valence-electron chi connectivity index (χ2n) is 10.1. The molecule has 234 valence electrons. The molecular formula is C32H24ClN3O9S. The minimum atomic E-state index is -1.53. The second-order valence-corrected chi connectivity index (χ2v) is 11.4. The first-order chi connectivity index (χ1) is 22.3. The fourth-order valence-corrected chi connectivity index (χ4v) is 5.98. The average Bonchev–Trinajstić information content (AvgIpc) is 3.41. The minimum Gasteiger partial charge on any atom is -0.459 e. The summed E-state index contributed by atoms with van der Waals surface area (Å²) in [6.07, 6.45) is -5.67. The van der Waals surface area contributed by atoms with Crippen molar-refractivity contribution in [1.29, 1.82) is 0 Å². The Morgan fingerprint density at radius 3 is 1.91 bits per heavy atom. The zero-order valence-corrected chi connectivity index (χ0v) is 25.3. The van der Waals surface area contributed by atoms with E-state index in [-0.39, 0.29) is 44.1 Å². The van der Waals surface area contributed by atoms with E-state index in [1.807, 2.05) is 0 Å². The summed E-state index contributed by atoms with van der Waals surface area (Å²) in [5, 5.41) is 6.62. The van der Waals surface area contributed by atoms with Crippen molar-refractivity contribution in [2.75, 3.05) is 17.7 Å². The number of rotatable bonds is 8. The first-order valence-corrected chi connectivity index (χ1v) is 15.3.